The molecule has 0 aromatic rings. The third-order valence-corrected chi connectivity index (χ3v) is 5.70. The van der Waals surface area contributed by atoms with Crippen molar-refractivity contribution in [1.82, 2.24) is 5.32 Å². The molecule has 0 aromatic carbocycles. The Bertz CT molecular complexity index is 585. The number of Topliss-reactive ketones (excluding diaryl/α,β-unsaturated/α-hetero) is 1. The number of ketones is 1. The summed E-state index contributed by atoms with van der Waals surface area (Å²) in [6, 6.07) is -0.830. The number of unbranched alkanes of at least 4 members (excludes halogenated alkanes) is 6. The van der Waals surface area contributed by atoms with E-state index in [0.29, 0.717) is 25.7 Å². The van der Waals surface area contributed by atoms with E-state index in [-0.39, 0.29) is 24.0 Å². The minimum atomic E-state index is -0.990. The minimum absolute atomic E-state index is 0.103. The molecular weight excluding hydrogens is 406 g/mol. The van der Waals surface area contributed by atoms with Gasteiger partial charge in [-0.05, 0) is 31.6 Å². The highest BCUT2D eigenvalue weighted by atomic mass is 16.4. The molecule has 32 heavy (non-hydrogen) atoms. The summed E-state index contributed by atoms with van der Waals surface area (Å²) in [7, 11) is 0. The average molecular weight is 452 g/mol. The molecule has 0 rings (SSSR count). The highest BCUT2D eigenvalue weighted by Crippen LogP contribution is 2.12. The van der Waals surface area contributed by atoms with Gasteiger partial charge in [0.05, 0.1) is 0 Å². The van der Waals surface area contributed by atoms with E-state index in [1.807, 2.05) is 26.0 Å². The van der Waals surface area contributed by atoms with Crippen molar-refractivity contribution in [3.63, 3.8) is 0 Å². The van der Waals surface area contributed by atoms with Crippen LogP contribution in [0.4, 0.5) is 0 Å². The third-order valence-electron chi connectivity index (χ3n) is 5.70. The van der Waals surface area contributed by atoms with Gasteiger partial charge in [0, 0.05) is 12.8 Å². The zero-order valence-electron chi connectivity index (χ0n) is 20.4. The first-order valence-electron chi connectivity index (χ1n) is 12.4. The Balaban J connectivity index is 3.82. The van der Waals surface area contributed by atoms with Gasteiger partial charge in [-0.2, -0.15) is 0 Å². The molecule has 0 heterocycles. The van der Waals surface area contributed by atoms with Crippen LogP contribution in [0.1, 0.15) is 104 Å². The first-order valence-corrected chi connectivity index (χ1v) is 12.4. The lowest BCUT2D eigenvalue weighted by atomic mass is 9.99. The van der Waals surface area contributed by atoms with Gasteiger partial charge in [-0.25, -0.2) is 4.79 Å². The number of aliphatic hydroxyl groups is 1. The second-order valence-corrected chi connectivity index (χ2v) is 8.58. The number of carboxylic acid groups (broad SMARTS) is 1. The Morgan fingerprint density at radius 2 is 1.56 bits per heavy atom. The fourth-order valence-electron chi connectivity index (χ4n) is 3.29. The van der Waals surface area contributed by atoms with Crippen molar-refractivity contribution in [3.05, 3.63) is 24.3 Å². The number of aliphatic hydroxyl groups excluding tert-OH is 1. The van der Waals surface area contributed by atoms with E-state index in [4.69, 9.17) is 0 Å². The predicted molar refractivity (Wildman–Crippen MR) is 129 cm³/mol. The lowest BCUT2D eigenvalue weighted by molar-refractivity contribution is -0.143. The van der Waals surface area contributed by atoms with Crippen molar-refractivity contribution in [1.29, 1.82) is 0 Å². The molecular formula is C26H45NO5. The van der Waals surface area contributed by atoms with Crippen LogP contribution in [0, 0.1) is 5.92 Å². The van der Waals surface area contributed by atoms with E-state index < -0.39 is 18.1 Å². The average Bonchev–Trinajstić information content (AvgIpc) is 2.77. The van der Waals surface area contributed by atoms with Crippen LogP contribution in [0.5, 0.6) is 0 Å². The number of allylic oxidation sites excluding steroid dienone is 4. The van der Waals surface area contributed by atoms with Gasteiger partial charge in [-0.15, -0.1) is 0 Å². The monoisotopic (exact) mass is 451 g/mol. The largest absolute Gasteiger partial charge is 0.480 e. The number of carbonyl (C=O) groups excluding carboxylic acids is 2. The summed E-state index contributed by atoms with van der Waals surface area (Å²) in [6.45, 7) is 5.89. The summed E-state index contributed by atoms with van der Waals surface area (Å²) in [4.78, 5) is 35.2. The molecule has 3 atom stereocenters. The molecule has 0 aliphatic rings. The van der Waals surface area contributed by atoms with Gasteiger partial charge >= 0.3 is 5.97 Å². The maximum Gasteiger partial charge on any atom is 0.326 e. The molecule has 0 saturated heterocycles. The van der Waals surface area contributed by atoms with Crippen molar-refractivity contribution in [2.45, 2.75) is 116 Å². The van der Waals surface area contributed by atoms with Crippen molar-refractivity contribution < 1.29 is 24.6 Å². The van der Waals surface area contributed by atoms with E-state index in [1.165, 1.54) is 12.8 Å². The van der Waals surface area contributed by atoms with Crippen LogP contribution < -0.4 is 5.32 Å². The lowest BCUT2D eigenvalue weighted by Gasteiger charge is -2.20. The number of hydrogen-bond acceptors (Lipinski definition) is 4. The second kappa shape index (κ2) is 19.7. The molecule has 6 heteroatoms. The summed E-state index contributed by atoms with van der Waals surface area (Å²) in [6.07, 6.45) is 17.4. The highest BCUT2D eigenvalue weighted by molar-refractivity contribution is 5.84. The van der Waals surface area contributed by atoms with E-state index in [9.17, 15) is 24.6 Å². The number of rotatable bonds is 20. The molecule has 184 valence electrons. The second-order valence-electron chi connectivity index (χ2n) is 8.58. The van der Waals surface area contributed by atoms with Crippen LogP contribution in [0.25, 0.3) is 0 Å². The van der Waals surface area contributed by atoms with Crippen LogP contribution in [0.3, 0.4) is 0 Å². The minimum Gasteiger partial charge on any atom is -0.480 e. The fraction of sp³-hybridized carbons (Fsp3) is 0.731. The Morgan fingerprint density at radius 3 is 2.22 bits per heavy atom. The molecule has 1 amide bonds. The smallest absolute Gasteiger partial charge is 0.326 e. The number of carboxylic acids is 1. The van der Waals surface area contributed by atoms with Crippen molar-refractivity contribution in [2.75, 3.05) is 0 Å². The molecule has 1 unspecified atom stereocenters. The van der Waals surface area contributed by atoms with Crippen LogP contribution in [-0.2, 0) is 14.4 Å². The summed E-state index contributed by atoms with van der Waals surface area (Å²) in [5.41, 5.74) is 0. The van der Waals surface area contributed by atoms with Crippen LogP contribution in [0.2, 0.25) is 0 Å². The first-order chi connectivity index (χ1) is 15.3. The summed E-state index contributed by atoms with van der Waals surface area (Å²) in [5, 5.41) is 21.8. The van der Waals surface area contributed by atoms with Crippen molar-refractivity contribution in [2.24, 2.45) is 5.92 Å². The Morgan fingerprint density at radius 1 is 0.906 bits per heavy atom. The normalized spacial score (nSPS) is 14.5. The number of amides is 1. The zero-order chi connectivity index (χ0) is 24.2. The molecule has 0 aliphatic carbocycles. The molecule has 0 saturated carbocycles. The molecule has 0 fully saturated rings. The predicted octanol–water partition coefficient (Wildman–Crippen LogP) is 5.35. The Kier molecular flexibility index (Phi) is 18.5. The zero-order valence-corrected chi connectivity index (χ0v) is 20.4. The summed E-state index contributed by atoms with van der Waals surface area (Å²) < 4.78 is 0. The maximum atomic E-state index is 12.0. The third kappa shape index (κ3) is 15.8. The molecule has 0 spiro atoms. The molecule has 0 aromatic heterocycles. The van der Waals surface area contributed by atoms with E-state index in [1.54, 1.807) is 0 Å². The van der Waals surface area contributed by atoms with Gasteiger partial charge in [-0.1, -0.05) is 90.0 Å². The van der Waals surface area contributed by atoms with Gasteiger partial charge in [0.2, 0.25) is 5.91 Å². The van der Waals surface area contributed by atoms with Gasteiger partial charge in [-0.3, -0.25) is 9.59 Å². The maximum absolute atomic E-state index is 12.0. The van der Waals surface area contributed by atoms with Gasteiger partial charge in [0.15, 0.2) is 5.78 Å². The van der Waals surface area contributed by atoms with Crippen molar-refractivity contribution >= 4 is 17.7 Å². The molecule has 3 N–H and O–H groups in total. The van der Waals surface area contributed by atoms with E-state index in [2.05, 4.69) is 24.4 Å². The van der Waals surface area contributed by atoms with E-state index >= 15 is 0 Å². The van der Waals surface area contributed by atoms with Gasteiger partial charge in [0.25, 0.3) is 0 Å². The van der Waals surface area contributed by atoms with Crippen LogP contribution in [-0.4, -0.2) is 40.0 Å². The van der Waals surface area contributed by atoms with Crippen LogP contribution in [0.15, 0.2) is 24.3 Å². The Labute approximate surface area is 194 Å². The highest BCUT2D eigenvalue weighted by Gasteiger charge is 2.24. The first kappa shape index (κ1) is 30.0. The standard InChI is InChI=1S/C26H45NO5/c1-4-6-7-8-9-10-12-15-18-22(28)23(29)19-16-13-11-14-17-20-24(30)27-25(26(31)32)21(3)5-2/h8-9,12,15,21,23,25,29H,4-7,10-11,13-14,16-20H2,1-3H3,(H,27,30)(H,31,32)/b9-8-,15-12-/t21-,23?,25-/m0/s1. The quantitative estimate of drug-likeness (QED) is 0.171. The number of nitrogens with one attached hydrogen (secondary N) is 1. The lowest BCUT2D eigenvalue weighted by Crippen LogP contribution is -2.44. The number of hydrogen-bond donors (Lipinski definition) is 3. The topological polar surface area (TPSA) is 104 Å². The molecule has 6 nitrogen and oxygen atoms in total. The summed E-state index contributed by atoms with van der Waals surface area (Å²) >= 11 is 0. The van der Waals surface area contributed by atoms with Gasteiger partial charge in [0.1, 0.15) is 12.1 Å². The van der Waals surface area contributed by atoms with E-state index in [0.717, 1.165) is 38.5 Å². The fourth-order valence-corrected chi connectivity index (χ4v) is 3.29. The molecule has 0 aliphatic heterocycles. The van der Waals surface area contributed by atoms with Gasteiger partial charge < -0.3 is 15.5 Å². The number of carbonyl (C=O) groups is 3. The summed E-state index contributed by atoms with van der Waals surface area (Å²) in [5.74, 6) is -1.45. The molecule has 0 radical (unpaired) electrons. The number of aliphatic carboxylic acids is 1. The molecule has 0 bridgehead atoms. The van der Waals surface area contributed by atoms with Crippen LogP contribution >= 0.6 is 0 Å². The van der Waals surface area contributed by atoms with Crippen molar-refractivity contribution in [3.8, 4) is 0 Å². The Hall–Kier alpha value is -1.95. The SMILES string of the molecule is CCCC/C=C\C/C=C\CC(=O)C(O)CCCCCCCC(=O)N[C@H](C(=O)O)[C@@H](C)CC.